The number of nitrogens with zero attached hydrogens (tertiary/aromatic N) is 2. The van der Waals surface area contributed by atoms with Crippen LogP contribution in [-0.2, 0) is 20.2 Å². The van der Waals surface area contributed by atoms with Crippen molar-refractivity contribution < 1.29 is 14.6 Å². The molecule has 0 amide bonds. The normalized spacial score (nSPS) is 10.6. The predicted octanol–water partition coefficient (Wildman–Crippen LogP) is 2.24. The molecule has 1 heterocycles. The lowest BCUT2D eigenvalue weighted by Crippen LogP contribution is -2.04. The fourth-order valence-corrected chi connectivity index (χ4v) is 2.44. The first kappa shape index (κ1) is 16.2. The first-order valence-electron chi connectivity index (χ1n) is 7.27. The molecule has 1 aromatic carbocycles. The highest BCUT2D eigenvalue weighted by atomic mass is 16.5. The summed E-state index contributed by atoms with van der Waals surface area (Å²) in [6, 6.07) is 5.69. The second-order valence-electron chi connectivity index (χ2n) is 4.96. The summed E-state index contributed by atoms with van der Waals surface area (Å²) in [4.78, 5) is 0. The van der Waals surface area contributed by atoms with E-state index in [2.05, 4.69) is 10.4 Å². The SMILES string of the molecule is CCOc1ccc(NCc2c(C)nn(C)c2OC)cc1CO. The van der Waals surface area contributed by atoms with Crippen molar-refractivity contribution in [1.82, 2.24) is 9.78 Å². The zero-order valence-electron chi connectivity index (χ0n) is 13.5. The van der Waals surface area contributed by atoms with Crippen LogP contribution in [-0.4, -0.2) is 28.6 Å². The molecule has 0 bridgehead atoms. The van der Waals surface area contributed by atoms with Crippen molar-refractivity contribution in [1.29, 1.82) is 0 Å². The van der Waals surface area contributed by atoms with Gasteiger partial charge in [-0.05, 0) is 32.0 Å². The summed E-state index contributed by atoms with van der Waals surface area (Å²) < 4.78 is 12.6. The Morgan fingerprint density at radius 1 is 1.36 bits per heavy atom. The van der Waals surface area contributed by atoms with Crippen LogP contribution in [0.2, 0.25) is 0 Å². The number of anilines is 1. The molecule has 0 aliphatic carbocycles. The van der Waals surface area contributed by atoms with Crippen molar-refractivity contribution in [2.75, 3.05) is 19.0 Å². The van der Waals surface area contributed by atoms with Gasteiger partial charge in [-0.1, -0.05) is 0 Å². The van der Waals surface area contributed by atoms with Gasteiger partial charge in [0.25, 0.3) is 0 Å². The van der Waals surface area contributed by atoms with Gasteiger partial charge < -0.3 is 19.9 Å². The second-order valence-corrected chi connectivity index (χ2v) is 4.96. The van der Waals surface area contributed by atoms with E-state index in [4.69, 9.17) is 9.47 Å². The number of hydrogen-bond donors (Lipinski definition) is 2. The first-order valence-corrected chi connectivity index (χ1v) is 7.27. The van der Waals surface area contributed by atoms with Crippen molar-refractivity contribution >= 4 is 5.69 Å². The van der Waals surface area contributed by atoms with E-state index in [1.165, 1.54) is 0 Å². The lowest BCUT2D eigenvalue weighted by Gasteiger charge is -2.12. The molecular formula is C16H23N3O3. The molecule has 0 aliphatic heterocycles. The van der Waals surface area contributed by atoms with Gasteiger partial charge in [-0.15, -0.1) is 0 Å². The van der Waals surface area contributed by atoms with Crippen LogP contribution in [0.1, 0.15) is 23.7 Å². The van der Waals surface area contributed by atoms with Gasteiger partial charge in [-0.3, -0.25) is 0 Å². The van der Waals surface area contributed by atoms with Crippen molar-refractivity contribution in [3.8, 4) is 11.6 Å². The van der Waals surface area contributed by atoms with Crippen LogP contribution in [0.3, 0.4) is 0 Å². The maximum atomic E-state index is 9.44. The van der Waals surface area contributed by atoms with Crippen LogP contribution in [0.15, 0.2) is 18.2 Å². The van der Waals surface area contributed by atoms with Crippen molar-refractivity contribution in [2.24, 2.45) is 7.05 Å². The summed E-state index contributed by atoms with van der Waals surface area (Å²) in [6.45, 7) is 5.00. The third-order valence-electron chi connectivity index (χ3n) is 3.48. The topological polar surface area (TPSA) is 68.5 Å². The summed E-state index contributed by atoms with van der Waals surface area (Å²) in [7, 11) is 3.50. The highest BCUT2D eigenvalue weighted by Gasteiger charge is 2.13. The Bertz CT molecular complexity index is 638. The maximum absolute atomic E-state index is 9.44. The monoisotopic (exact) mass is 305 g/mol. The summed E-state index contributed by atoms with van der Waals surface area (Å²) in [6.07, 6.45) is 0. The van der Waals surface area contributed by atoms with E-state index >= 15 is 0 Å². The number of methoxy groups -OCH3 is 1. The molecule has 2 aromatic rings. The van der Waals surface area contributed by atoms with Crippen LogP contribution in [0, 0.1) is 6.92 Å². The molecule has 0 atom stereocenters. The zero-order chi connectivity index (χ0) is 16.1. The molecule has 6 nitrogen and oxygen atoms in total. The van der Waals surface area contributed by atoms with E-state index in [1.807, 2.05) is 39.1 Å². The molecule has 0 saturated carbocycles. The second kappa shape index (κ2) is 7.17. The van der Waals surface area contributed by atoms with E-state index in [0.717, 1.165) is 28.4 Å². The number of benzene rings is 1. The minimum absolute atomic E-state index is 0.0555. The molecule has 0 fully saturated rings. The molecule has 0 radical (unpaired) electrons. The summed E-state index contributed by atoms with van der Waals surface area (Å²) in [5.74, 6) is 1.46. The lowest BCUT2D eigenvalue weighted by atomic mass is 10.1. The van der Waals surface area contributed by atoms with Gasteiger partial charge in [0.05, 0.1) is 31.6 Å². The van der Waals surface area contributed by atoms with Gasteiger partial charge >= 0.3 is 0 Å². The van der Waals surface area contributed by atoms with Crippen LogP contribution in [0.5, 0.6) is 11.6 Å². The largest absolute Gasteiger partial charge is 0.494 e. The van der Waals surface area contributed by atoms with Gasteiger partial charge in [-0.2, -0.15) is 5.10 Å². The van der Waals surface area contributed by atoms with E-state index in [9.17, 15) is 5.11 Å². The molecule has 0 aliphatic rings. The third-order valence-corrected chi connectivity index (χ3v) is 3.48. The van der Waals surface area contributed by atoms with Crippen LogP contribution in [0.4, 0.5) is 5.69 Å². The Morgan fingerprint density at radius 3 is 2.77 bits per heavy atom. The highest BCUT2D eigenvalue weighted by Crippen LogP contribution is 2.25. The number of nitrogens with one attached hydrogen (secondary N) is 1. The van der Waals surface area contributed by atoms with E-state index < -0.39 is 0 Å². The molecule has 2 N–H and O–H groups in total. The molecule has 0 saturated heterocycles. The number of aromatic nitrogens is 2. The molecule has 6 heteroatoms. The van der Waals surface area contributed by atoms with Crippen LogP contribution < -0.4 is 14.8 Å². The van der Waals surface area contributed by atoms with Gasteiger partial charge in [0.15, 0.2) is 0 Å². The molecule has 22 heavy (non-hydrogen) atoms. The quantitative estimate of drug-likeness (QED) is 0.821. The molecule has 1 aromatic heterocycles. The summed E-state index contributed by atoms with van der Waals surface area (Å²) in [5, 5.41) is 17.1. The van der Waals surface area contributed by atoms with Crippen molar-refractivity contribution in [3.63, 3.8) is 0 Å². The van der Waals surface area contributed by atoms with Crippen molar-refractivity contribution in [3.05, 3.63) is 35.0 Å². The van der Waals surface area contributed by atoms with E-state index in [1.54, 1.807) is 11.8 Å². The van der Waals surface area contributed by atoms with Gasteiger partial charge in [0, 0.05) is 24.8 Å². The highest BCUT2D eigenvalue weighted by molar-refractivity contribution is 5.52. The fourth-order valence-electron chi connectivity index (χ4n) is 2.44. The Labute approximate surface area is 130 Å². The number of rotatable bonds is 7. The van der Waals surface area contributed by atoms with Crippen LogP contribution >= 0.6 is 0 Å². The number of ether oxygens (including phenoxy) is 2. The van der Waals surface area contributed by atoms with Gasteiger partial charge in [0.1, 0.15) is 5.75 Å². The third kappa shape index (κ3) is 3.33. The Kier molecular flexibility index (Phi) is 5.27. The number of hydrogen-bond acceptors (Lipinski definition) is 5. The molecule has 2 rings (SSSR count). The standard InChI is InChI=1S/C16H23N3O3/c1-5-22-15-7-6-13(8-12(15)10-20)17-9-14-11(2)18-19(3)16(14)21-4/h6-8,17,20H,5,9-10H2,1-4H3. The smallest absolute Gasteiger partial charge is 0.216 e. The Morgan fingerprint density at radius 2 is 2.14 bits per heavy atom. The zero-order valence-corrected chi connectivity index (χ0v) is 13.5. The number of aliphatic hydroxyl groups is 1. The maximum Gasteiger partial charge on any atom is 0.216 e. The number of aliphatic hydroxyl groups excluding tert-OH is 1. The molecule has 120 valence electrons. The Balaban J connectivity index is 2.15. The van der Waals surface area contributed by atoms with E-state index in [-0.39, 0.29) is 6.61 Å². The average molecular weight is 305 g/mol. The number of aryl methyl sites for hydroxylation is 2. The Hall–Kier alpha value is -2.21. The van der Waals surface area contributed by atoms with Gasteiger partial charge in [-0.25, -0.2) is 4.68 Å². The first-order chi connectivity index (χ1) is 10.6. The molecule has 0 unspecified atom stereocenters. The minimum atomic E-state index is -0.0555. The fraction of sp³-hybridized carbons (Fsp3) is 0.438. The summed E-state index contributed by atoms with van der Waals surface area (Å²) in [5.41, 5.74) is 3.63. The van der Waals surface area contributed by atoms with Crippen LogP contribution in [0.25, 0.3) is 0 Å². The molecule has 0 spiro atoms. The lowest BCUT2D eigenvalue weighted by molar-refractivity contribution is 0.267. The van der Waals surface area contributed by atoms with E-state index in [0.29, 0.717) is 18.9 Å². The average Bonchev–Trinajstić information content (AvgIpc) is 2.79. The predicted molar refractivity (Wildman–Crippen MR) is 85.4 cm³/mol. The minimum Gasteiger partial charge on any atom is -0.494 e. The summed E-state index contributed by atoms with van der Waals surface area (Å²) >= 11 is 0. The van der Waals surface area contributed by atoms with Crippen molar-refractivity contribution in [2.45, 2.75) is 27.0 Å². The van der Waals surface area contributed by atoms with Gasteiger partial charge in [0.2, 0.25) is 5.88 Å². The molecular weight excluding hydrogens is 282 g/mol.